The van der Waals surface area contributed by atoms with E-state index in [1.807, 2.05) is 43.6 Å². The van der Waals surface area contributed by atoms with E-state index in [1.54, 1.807) is 13.8 Å². The van der Waals surface area contributed by atoms with Gasteiger partial charge in [-0.15, -0.1) is 0 Å². The molecule has 0 spiro atoms. The molecular weight excluding hydrogens is 408 g/mol. The van der Waals surface area contributed by atoms with Gasteiger partial charge in [-0.3, -0.25) is 0 Å². The Morgan fingerprint density at radius 2 is 1.69 bits per heavy atom. The molecule has 6 heteroatoms. The number of aromatic nitrogens is 2. The van der Waals surface area contributed by atoms with Crippen molar-refractivity contribution in [3.05, 3.63) is 40.8 Å². The second kappa shape index (κ2) is 7.58. The van der Waals surface area contributed by atoms with Gasteiger partial charge >= 0.3 is 0 Å². The highest BCUT2D eigenvalue weighted by molar-refractivity contribution is 9.10. The number of nitrogens with zero attached hydrogens (tertiary/aromatic N) is 2. The van der Waals surface area contributed by atoms with Gasteiger partial charge in [-0.2, -0.15) is 0 Å². The van der Waals surface area contributed by atoms with E-state index in [9.17, 15) is 9.90 Å². The molecule has 0 fully saturated rings. The maximum absolute atomic E-state index is 10.5. The van der Waals surface area contributed by atoms with Gasteiger partial charge in [-0.25, -0.2) is 4.98 Å². The first-order chi connectivity index (χ1) is 11.8. The van der Waals surface area contributed by atoms with E-state index in [-0.39, 0.29) is 5.04 Å². The summed E-state index contributed by atoms with van der Waals surface area (Å²) in [6, 6.07) is 8.03. The van der Waals surface area contributed by atoms with Crippen molar-refractivity contribution in [2.45, 2.75) is 70.8 Å². The van der Waals surface area contributed by atoms with Gasteiger partial charge in [0, 0.05) is 22.8 Å². The maximum Gasteiger partial charge on any atom is 0.188 e. The lowest BCUT2D eigenvalue weighted by Gasteiger charge is -2.35. The third kappa shape index (κ3) is 5.06. The van der Waals surface area contributed by atoms with Crippen LogP contribution < -0.4 is 0 Å². The average Bonchev–Trinajstić information content (AvgIpc) is 2.91. The number of hydrogen-bond donors (Lipinski definition) is 2. The fraction of sp³-hybridized carbons (Fsp3) is 0.550. The van der Waals surface area contributed by atoms with Crippen LogP contribution >= 0.6 is 15.9 Å². The number of halogens is 1. The third-order valence-electron chi connectivity index (χ3n) is 5.32. The third-order valence-corrected chi connectivity index (χ3v) is 9.41. The summed E-state index contributed by atoms with van der Waals surface area (Å²) < 4.78 is 3.08. The number of aryl methyl sites for hydroxylation is 1. The number of imidazole rings is 1. The van der Waals surface area contributed by atoms with E-state index < -0.39 is 13.9 Å². The van der Waals surface area contributed by atoms with Gasteiger partial charge in [0.25, 0.3) is 0 Å². The molecule has 0 aliphatic rings. The summed E-state index contributed by atoms with van der Waals surface area (Å²) in [5.74, 6) is 0.675. The van der Waals surface area contributed by atoms with Gasteiger partial charge in [0.05, 0.1) is 5.69 Å². The molecule has 26 heavy (non-hydrogen) atoms. The molecule has 2 rings (SSSR count). The average molecular weight is 439 g/mol. The van der Waals surface area contributed by atoms with Crippen LogP contribution in [0.15, 0.2) is 34.9 Å². The Balaban J connectivity index is 2.23. The van der Waals surface area contributed by atoms with Crippen LogP contribution in [-0.2, 0) is 12.1 Å². The number of aliphatic hydroxyl groups is 1. The number of rotatable bonds is 7. The van der Waals surface area contributed by atoms with Crippen molar-refractivity contribution < 1.29 is 9.90 Å². The summed E-state index contributed by atoms with van der Waals surface area (Å²) >= 11 is 3.46. The molecule has 0 saturated heterocycles. The quantitative estimate of drug-likeness (QED) is 0.576. The summed E-state index contributed by atoms with van der Waals surface area (Å²) in [7, 11) is -2.20. The smallest absolute Gasteiger partial charge is 0.188 e. The number of benzene rings is 1. The van der Waals surface area contributed by atoms with E-state index in [2.05, 4.69) is 34.3 Å². The molecule has 1 aromatic carbocycles. The van der Waals surface area contributed by atoms with E-state index in [0.29, 0.717) is 5.82 Å². The van der Waals surface area contributed by atoms with Gasteiger partial charge < -0.3 is 14.5 Å². The Hall–Kier alpha value is -0.953. The molecule has 1 heterocycles. The van der Waals surface area contributed by atoms with Crippen molar-refractivity contribution in [2.24, 2.45) is 0 Å². The van der Waals surface area contributed by atoms with Gasteiger partial charge in [0.15, 0.2) is 8.32 Å². The molecular formula is C20H31BrN2O2Si. The normalized spacial score (nSPS) is 13.3. The zero-order valence-electron chi connectivity index (χ0n) is 16.7. The summed E-state index contributed by atoms with van der Waals surface area (Å²) in [6.45, 7) is 12.6. The minimum Gasteiger partial charge on any atom is -0.432 e. The van der Waals surface area contributed by atoms with Gasteiger partial charge in [0.2, 0.25) is 0 Å². The van der Waals surface area contributed by atoms with Gasteiger partial charge in [0.1, 0.15) is 11.4 Å². The molecule has 4 nitrogen and oxygen atoms in total. The van der Waals surface area contributed by atoms with Crippen LogP contribution in [0.3, 0.4) is 0 Å². The maximum atomic E-state index is 10.5. The highest BCUT2D eigenvalue weighted by Crippen LogP contribution is 2.40. The second-order valence-electron chi connectivity index (χ2n) is 8.76. The highest BCUT2D eigenvalue weighted by Gasteiger charge is 2.37. The predicted molar refractivity (Wildman–Crippen MR) is 114 cm³/mol. The molecule has 0 unspecified atom stereocenters. The largest absolute Gasteiger partial charge is 0.432 e. The first-order valence-electron chi connectivity index (χ1n) is 9.10. The van der Waals surface area contributed by atoms with Crippen LogP contribution in [0.5, 0.6) is 0 Å². The lowest BCUT2D eigenvalue weighted by Crippen LogP contribution is -2.39. The Morgan fingerprint density at radius 1 is 1.12 bits per heavy atom. The Morgan fingerprint density at radius 3 is 2.19 bits per heavy atom. The van der Waals surface area contributed by atoms with Gasteiger partial charge in [-0.1, -0.05) is 41.9 Å². The Kier molecular flexibility index (Phi) is 6.22. The molecule has 0 bridgehead atoms. The Labute approximate surface area is 166 Å². The number of hydrogen-bond acceptors (Lipinski definition) is 3. The summed E-state index contributed by atoms with van der Waals surface area (Å²) in [5, 5.41) is 10.5. The first-order valence-corrected chi connectivity index (χ1v) is 12.8. The molecule has 0 radical (unpaired) electrons. The zero-order valence-corrected chi connectivity index (χ0v) is 19.3. The first kappa shape index (κ1) is 21.3. The van der Waals surface area contributed by atoms with Crippen LogP contribution in [0.25, 0.3) is 11.3 Å². The fourth-order valence-electron chi connectivity index (χ4n) is 2.83. The molecule has 2 N–H and O–H groups in total. The zero-order chi connectivity index (χ0) is 19.8. The van der Waals surface area contributed by atoms with Crippen molar-refractivity contribution in [1.29, 1.82) is 0 Å². The Bertz CT molecular complexity index is 741. The van der Waals surface area contributed by atoms with E-state index in [4.69, 9.17) is 4.98 Å². The van der Waals surface area contributed by atoms with Crippen molar-refractivity contribution in [3.8, 4) is 11.3 Å². The monoisotopic (exact) mass is 438 g/mol. The van der Waals surface area contributed by atoms with E-state index in [0.717, 1.165) is 35.1 Å². The minimum atomic E-state index is -2.20. The molecule has 0 aliphatic carbocycles. The second-order valence-corrected chi connectivity index (χ2v) is 14.1. The molecule has 1 aromatic heterocycles. The SMILES string of the molecule is CC(C)(O)c1nc(-c2ccc(Br)cc2)cn1CCCC(C)(C)[Si](C)(C)O. The molecule has 0 amide bonds. The van der Waals surface area contributed by atoms with Crippen molar-refractivity contribution in [2.75, 3.05) is 0 Å². The summed E-state index contributed by atoms with van der Waals surface area (Å²) in [6.07, 6.45) is 3.90. The van der Waals surface area contributed by atoms with Crippen LogP contribution in [0, 0.1) is 0 Å². The van der Waals surface area contributed by atoms with Crippen LogP contribution in [-0.4, -0.2) is 27.8 Å². The summed E-state index contributed by atoms with van der Waals surface area (Å²) in [4.78, 5) is 15.2. The lowest BCUT2D eigenvalue weighted by atomic mass is 10.1. The van der Waals surface area contributed by atoms with E-state index in [1.165, 1.54) is 0 Å². The molecule has 144 valence electrons. The van der Waals surface area contributed by atoms with Crippen LogP contribution in [0.2, 0.25) is 18.1 Å². The minimum absolute atomic E-state index is 0.0446. The van der Waals surface area contributed by atoms with Gasteiger partial charge in [-0.05, 0) is 57.0 Å². The van der Waals surface area contributed by atoms with Crippen LogP contribution in [0.4, 0.5) is 0 Å². The predicted octanol–water partition coefficient (Wildman–Crippen LogP) is 5.30. The van der Waals surface area contributed by atoms with Crippen molar-refractivity contribution >= 4 is 24.2 Å². The van der Waals surface area contributed by atoms with Crippen molar-refractivity contribution in [3.63, 3.8) is 0 Å². The summed E-state index contributed by atoms with van der Waals surface area (Å²) in [5.41, 5.74) is 0.890. The topological polar surface area (TPSA) is 58.3 Å². The van der Waals surface area contributed by atoms with Crippen molar-refractivity contribution in [1.82, 2.24) is 9.55 Å². The standard InChI is InChI=1S/C20H31BrN2O2Si/c1-19(2,26(5,6)25)12-7-13-23-14-17(22-18(23)20(3,4)24)15-8-10-16(21)11-9-15/h8-11,14,24-25H,7,12-13H2,1-6H3. The highest BCUT2D eigenvalue weighted by atomic mass is 79.9. The fourth-order valence-corrected chi connectivity index (χ4v) is 3.88. The lowest BCUT2D eigenvalue weighted by molar-refractivity contribution is 0.0645. The molecule has 0 atom stereocenters. The molecule has 0 aliphatic heterocycles. The molecule has 2 aromatic rings. The van der Waals surface area contributed by atoms with E-state index >= 15 is 0 Å². The molecule has 0 saturated carbocycles. The van der Waals surface area contributed by atoms with Crippen LogP contribution in [0.1, 0.15) is 46.4 Å².